The number of nitrogens with two attached hydrogens (primary N) is 1. The van der Waals surface area contributed by atoms with Crippen molar-refractivity contribution in [2.24, 2.45) is 5.73 Å². The fourth-order valence-electron chi connectivity index (χ4n) is 3.07. The van der Waals surface area contributed by atoms with Crippen molar-refractivity contribution in [2.75, 3.05) is 13.1 Å². The van der Waals surface area contributed by atoms with E-state index in [9.17, 15) is 4.79 Å². The number of carbonyl (C=O) groups is 1. The van der Waals surface area contributed by atoms with Crippen LogP contribution in [0, 0.1) is 0 Å². The summed E-state index contributed by atoms with van der Waals surface area (Å²) in [5.74, 6) is 0.342. The van der Waals surface area contributed by atoms with Crippen LogP contribution >= 0.6 is 0 Å². The van der Waals surface area contributed by atoms with Crippen LogP contribution in [0.3, 0.4) is 0 Å². The summed E-state index contributed by atoms with van der Waals surface area (Å²) in [6.45, 7) is 3.56. The predicted octanol–water partition coefficient (Wildman–Crippen LogP) is 3.47. The van der Waals surface area contributed by atoms with Crippen LogP contribution in [-0.4, -0.2) is 29.9 Å². The molecule has 3 nitrogen and oxygen atoms in total. The van der Waals surface area contributed by atoms with Crippen molar-refractivity contribution in [1.29, 1.82) is 0 Å². The van der Waals surface area contributed by atoms with E-state index >= 15 is 0 Å². The van der Waals surface area contributed by atoms with Crippen LogP contribution in [0.4, 0.5) is 0 Å². The lowest BCUT2D eigenvalue weighted by molar-refractivity contribution is -0.134. The Balaban J connectivity index is 2.30. The Hall–Kier alpha value is -0.570. The molecule has 0 aromatic carbocycles. The second-order valence-electron chi connectivity index (χ2n) is 5.83. The highest BCUT2D eigenvalue weighted by Crippen LogP contribution is 2.23. The van der Waals surface area contributed by atoms with Gasteiger partial charge in [0.05, 0.1) is 0 Å². The summed E-state index contributed by atoms with van der Waals surface area (Å²) in [4.78, 5) is 14.4. The molecule has 0 saturated heterocycles. The van der Waals surface area contributed by atoms with E-state index < -0.39 is 0 Å². The molecule has 1 fully saturated rings. The third-order valence-electron chi connectivity index (χ3n) is 4.20. The summed E-state index contributed by atoms with van der Waals surface area (Å²) in [6.07, 6.45) is 13.0. The van der Waals surface area contributed by atoms with Crippen LogP contribution < -0.4 is 5.73 Å². The Kier molecular flexibility index (Phi) is 8.89. The van der Waals surface area contributed by atoms with Gasteiger partial charge in [0, 0.05) is 25.6 Å². The predicted molar refractivity (Wildman–Crippen MR) is 81.0 cm³/mol. The zero-order valence-corrected chi connectivity index (χ0v) is 12.7. The first-order valence-electron chi connectivity index (χ1n) is 8.29. The molecule has 1 amide bonds. The molecule has 0 spiro atoms. The molecule has 3 heteroatoms. The second kappa shape index (κ2) is 10.2. The SMILES string of the molecule is CCCCCCCC(=O)N(CCN)C1CCCCC1. The number of amides is 1. The van der Waals surface area contributed by atoms with Gasteiger partial charge in [-0.2, -0.15) is 0 Å². The molecule has 1 aliphatic carbocycles. The van der Waals surface area contributed by atoms with Crippen molar-refractivity contribution >= 4 is 5.91 Å². The van der Waals surface area contributed by atoms with Crippen molar-refractivity contribution in [3.05, 3.63) is 0 Å². The minimum absolute atomic E-state index is 0.342. The first kappa shape index (κ1) is 16.5. The fraction of sp³-hybridized carbons (Fsp3) is 0.938. The van der Waals surface area contributed by atoms with Gasteiger partial charge in [0.15, 0.2) is 0 Å². The minimum Gasteiger partial charge on any atom is -0.338 e. The lowest BCUT2D eigenvalue weighted by atomic mass is 9.93. The van der Waals surface area contributed by atoms with Crippen molar-refractivity contribution in [3.63, 3.8) is 0 Å². The van der Waals surface area contributed by atoms with Crippen LogP contribution in [0.2, 0.25) is 0 Å². The monoisotopic (exact) mass is 268 g/mol. The zero-order valence-electron chi connectivity index (χ0n) is 12.7. The summed E-state index contributed by atoms with van der Waals surface area (Å²) in [7, 11) is 0. The molecule has 1 aliphatic rings. The second-order valence-corrected chi connectivity index (χ2v) is 5.83. The molecule has 1 rings (SSSR count). The molecule has 2 N–H and O–H groups in total. The Morgan fingerprint density at radius 1 is 1.11 bits per heavy atom. The van der Waals surface area contributed by atoms with Gasteiger partial charge in [0.25, 0.3) is 0 Å². The van der Waals surface area contributed by atoms with E-state index in [1.807, 2.05) is 0 Å². The van der Waals surface area contributed by atoms with Crippen LogP contribution in [0.1, 0.15) is 77.6 Å². The zero-order chi connectivity index (χ0) is 13.9. The van der Waals surface area contributed by atoms with Crippen LogP contribution in [-0.2, 0) is 4.79 Å². The van der Waals surface area contributed by atoms with Gasteiger partial charge < -0.3 is 10.6 Å². The standard InChI is InChI=1S/C16H32N2O/c1-2-3-4-5-9-12-16(19)18(14-13-17)15-10-7-6-8-11-15/h15H,2-14,17H2,1H3. The maximum atomic E-state index is 12.3. The van der Waals surface area contributed by atoms with Crippen molar-refractivity contribution in [1.82, 2.24) is 4.90 Å². The number of carbonyl (C=O) groups excluding carboxylic acids is 1. The number of nitrogens with zero attached hydrogens (tertiary/aromatic N) is 1. The largest absolute Gasteiger partial charge is 0.338 e. The Bertz CT molecular complexity index is 237. The molecule has 0 aromatic heterocycles. The van der Waals surface area contributed by atoms with Gasteiger partial charge in [-0.25, -0.2) is 0 Å². The van der Waals surface area contributed by atoms with Crippen LogP contribution in [0.15, 0.2) is 0 Å². The highest BCUT2D eigenvalue weighted by molar-refractivity contribution is 5.76. The van der Waals surface area contributed by atoms with Gasteiger partial charge >= 0.3 is 0 Å². The normalized spacial score (nSPS) is 16.5. The highest BCUT2D eigenvalue weighted by atomic mass is 16.2. The molecule has 0 heterocycles. The van der Waals surface area contributed by atoms with E-state index in [1.165, 1.54) is 57.8 Å². The maximum Gasteiger partial charge on any atom is 0.222 e. The molecule has 0 aromatic rings. The molecule has 1 saturated carbocycles. The van der Waals surface area contributed by atoms with E-state index in [4.69, 9.17) is 5.73 Å². The average Bonchev–Trinajstić information content (AvgIpc) is 2.45. The van der Waals surface area contributed by atoms with Gasteiger partial charge in [0.2, 0.25) is 5.91 Å². The summed E-state index contributed by atoms with van der Waals surface area (Å²) < 4.78 is 0. The van der Waals surface area contributed by atoms with Crippen molar-refractivity contribution in [2.45, 2.75) is 83.6 Å². The van der Waals surface area contributed by atoms with Crippen molar-refractivity contribution in [3.8, 4) is 0 Å². The van der Waals surface area contributed by atoms with Crippen LogP contribution in [0.25, 0.3) is 0 Å². The minimum atomic E-state index is 0.342. The van der Waals surface area contributed by atoms with Crippen LogP contribution in [0.5, 0.6) is 0 Å². The topological polar surface area (TPSA) is 46.3 Å². The molecule has 0 bridgehead atoms. The van der Waals surface area contributed by atoms with Gasteiger partial charge in [-0.3, -0.25) is 4.79 Å². The fourth-order valence-corrected chi connectivity index (χ4v) is 3.07. The molecule has 19 heavy (non-hydrogen) atoms. The van der Waals surface area contributed by atoms with Gasteiger partial charge in [-0.05, 0) is 19.3 Å². The summed E-state index contributed by atoms with van der Waals surface area (Å²) in [6, 6.07) is 0.473. The molecular formula is C16H32N2O. The molecule has 0 atom stereocenters. The summed E-state index contributed by atoms with van der Waals surface area (Å²) in [5, 5.41) is 0. The molecule has 112 valence electrons. The van der Waals surface area contributed by atoms with Gasteiger partial charge in [0.1, 0.15) is 0 Å². The first-order valence-corrected chi connectivity index (χ1v) is 8.29. The Morgan fingerprint density at radius 3 is 2.42 bits per heavy atom. The van der Waals surface area contributed by atoms with E-state index in [1.54, 1.807) is 0 Å². The first-order chi connectivity index (χ1) is 9.29. The third kappa shape index (κ3) is 6.42. The lowest BCUT2D eigenvalue weighted by Gasteiger charge is -2.34. The van der Waals surface area contributed by atoms with Crippen molar-refractivity contribution < 1.29 is 4.79 Å². The quantitative estimate of drug-likeness (QED) is 0.651. The Morgan fingerprint density at radius 2 is 1.79 bits per heavy atom. The average molecular weight is 268 g/mol. The summed E-state index contributed by atoms with van der Waals surface area (Å²) in [5.41, 5.74) is 5.67. The maximum absolute atomic E-state index is 12.3. The highest BCUT2D eigenvalue weighted by Gasteiger charge is 2.24. The van der Waals surface area contributed by atoms with E-state index in [2.05, 4.69) is 11.8 Å². The number of hydrogen-bond donors (Lipinski definition) is 1. The molecular weight excluding hydrogens is 236 g/mol. The number of hydrogen-bond acceptors (Lipinski definition) is 2. The molecule has 0 aliphatic heterocycles. The van der Waals surface area contributed by atoms with E-state index in [0.29, 0.717) is 18.5 Å². The Labute approximate surface area is 118 Å². The van der Waals surface area contributed by atoms with Gasteiger partial charge in [-0.15, -0.1) is 0 Å². The van der Waals surface area contributed by atoms with E-state index in [0.717, 1.165) is 19.4 Å². The van der Waals surface area contributed by atoms with E-state index in [-0.39, 0.29) is 0 Å². The molecule has 0 radical (unpaired) electrons. The van der Waals surface area contributed by atoms with Gasteiger partial charge in [-0.1, -0.05) is 51.9 Å². The smallest absolute Gasteiger partial charge is 0.222 e. The third-order valence-corrected chi connectivity index (χ3v) is 4.20. The lowest BCUT2D eigenvalue weighted by Crippen LogP contribution is -2.44. The number of unbranched alkanes of at least 4 members (excludes halogenated alkanes) is 4. The number of rotatable bonds is 9. The molecule has 0 unspecified atom stereocenters. The summed E-state index contributed by atoms with van der Waals surface area (Å²) >= 11 is 0.